The molecule has 0 atom stereocenters. The first-order valence-electron chi connectivity index (χ1n) is 8.53. The van der Waals surface area contributed by atoms with Gasteiger partial charge in [-0.05, 0) is 55.5 Å². The van der Waals surface area contributed by atoms with Crippen molar-refractivity contribution in [3.8, 4) is 0 Å². The minimum atomic E-state index is -3.78. The van der Waals surface area contributed by atoms with Crippen molar-refractivity contribution in [3.63, 3.8) is 0 Å². The molecule has 2 aliphatic rings. The zero-order chi connectivity index (χ0) is 18.5. The Kier molecular flexibility index (Phi) is 4.27. The number of fused-ring (bicyclic) bond motifs is 1. The Morgan fingerprint density at radius 2 is 2.08 bits per heavy atom. The maximum absolute atomic E-state index is 13.7. The summed E-state index contributed by atoms with van der Waals surface area (Å²) in [5.74, 6) is -0.110. The summed E-state index contributed by atoms with van der Waals surface area (Å²) in [5.41, 5.74) is 1.55. The largest absolute Gasteiger partial charge is 0.338 e. The predicted octanol–water partition coefficient (Wildman–Crippen LogP) is 3.29. The fourth-order valence-electron chi connectivity index (χ4n) is 3.08. The zero-order valence-corrected chi connectivity index (χ0v) is 15.9. The summed E-state index contributed by atoms with van der Waals surface area (Å²) >= 11 is 1.22. The third kappa shape index (κ3) is 3.35. The topological polar surface area (TPSA) is 66.5 Å². The lowest BCUT2D eigenvalue weighted by Crippen LogP contribution is -2.36. The van der Waals surface area contributed by atoms with E-state index in [9.17, 15) is 17.6 Å². The highest BCUT2D eigenvalue weighted by Crippen LogP contribution is 2.36. The molecule has 1 fully saturated rings. The Morgan fingerprint density at radius 1 is 1.31 bits per heavy atom. The van der Waals surface area contributed by atoms with Crippen molar-refractivity contribution in [2.75, 3.05) is 11.3 Å². The molecule has 26 heavy (non-hydrogen) atoms. The number of nitrogens with zero attached hydrogens (tertiary/aromatic N) is 1. The van der Waals surface area contributed by atoms with E-state index in [1.807, 2.05) is 4.90 Å². The Hall–Kier alpha value is -1.93. The number of carbonyl (C=O) groups is 1. The quantitative estimate of drug-likeness (QED) is 0.865. The van der Waals surface area contributed by atoms with E-state index < -0.39 is 15.8 Å². The van der Waals surface area contributed by atoms with Crippen molar-refractivity contribution >= 4 is 33.0 Å². The van der Waals surface area contributed by atoms with E-state index in [1.54, 1.807) is 19.1 Å². The first-order chi connectivity index (χ1) is 12.3. The molecular weight excluding hydrogens is 375 g/mol. The molecule has 1 N–H and O–H groups in total. The average molecular weight is 394 g/mol. The van der Waals surface area contributed by atoms with Gasteiger partial charge in [0.15, 0.2) is 0 Å². The van der Waals surface area contributed by atoms with Crippen LogP contribution in [0.2, 0.25) is 0 Å². The van der Waals surface area contributed by atoms with E-state index in [0.29, 0.717) is 25.1 Å². The third-order valence-corrected chi connectivity index (χ3v) is 7.86. The van der Waals surface area contributed by atoms with Crippen LogP contribution in [0.3, 0.4) is 0 Å². The van der Waals surface area contributed by atoms with Crippen molar-refractivity contribution in [2.24, 2.45) is 5.92 Å². The van der Waals surface area contributed by atoms with Crippen LogP contribution >= 0.6 is 11.3 Å². The molecule has 1 aromatic heterocycles. The number of sulfonamides is 1. The summed E-state index contributed by atoms with van der Waals surface area (Å²) in [6.07, 6.45) is 2.60. The summed E-state index contributed by atoms with van der Waals surface area (Å²) < 4.78 is 41.6. The monoisotopic (exact) mass is 394 g/mol. The number of aryl methyl sites for hydroxylation is 1. The molecule has 8 heteroatoms. The number of rotatable bonds is 4. The fraction of sp³-hybridized carbons (Fsp3) is 0.389. The van der Waals surface area contributed by atoms with Gasteiger partial charge < -0.3 is 4.90 Å². The van der Waals surface area contributed by atoms with Gasteiger partial charge in [-0.1, -0.05) is 6.07 Å². The minimum Gasteiger partial charge on any atom is -0.338 e. The van der Waals surface area contributed by atoms with Gasteiger partial charge in [-0.25, -0.2) is 12.8 Å². The Labute approximate surface area is 155 Å². The lowest BCUT2D eigenvalue weighted by Gasteiger charge is -2.26. The number of amides is 1. The molecule has 4 rings (SSSR count). The van der Waals surface area contributed by atoms with Crippen LogP contribution in [0.4, 0.5) is 10.1 Å². The summed E-state index contributed by atoms with van der Waals surface area (Å²) in [4.78, 5) is 15.1. The third-order valence-electron chi connectivity index (χ3n) is 4.77. The molecule has 138 valence electrons. The van der Waals surface area contributed by atoms with Crippen LogP contribution in [0.25, 0.3) is 0 Å². The van der Waals surface area contributed by atoms with Gasteiger partial charge in [0.2, 0.25) is 5.91 Å². The van der Waals surface area contributed by atoms with Crippen molar-refractivity contribution in [2.45, 2.75) is 36.9 Å². The van der Waals surface area contributed by atoms with Gasteiger partial charge in [-0.2, -0.15) is 0 Å². The van der Waals surface area contributed by atoms with E-state index in [2.05, 4.69) is 4.72 Å². The number of carbonyl (C=O) groups excluding carboxylic acids is 1. The number of halogens is 1. The van der Waals surface area contributed by atoms with Crippen LogP contribution in [-0.4, -0.2) is 25.8 Å². The van der Waals surface area contributed by atoms with Crippen LogP contribution in [0.5, 0.6) is 0 Å². The van der Waals surface area contributed by atoms with Gasteiger partial charge in [0.1, 0.15) is 10.0 Å². The minimum absolute atomic E-state index is 0.163. The molecule has 1 amide bonds. The number of anilines is 1. The molecule has 0 saturated heterocycles. The molecular formula is C18H19FN2O3S2. The molecule has 0 spiro atoms. The van der Waals surface area contributed by atoms with Crippen molar-refractivity contribution in [1.29, 1.82) is 0 Å². The van der Waals surface area contributed by atoms with E-state index >= 15 is 0 Å². The van der Waals surface area contributed by atoms with Crippen LogP contribution in [0.1, 0.15) is 28.8 Å². The summed E-state index contributed by atoms with van der Waals surface area (Å²) in [6, 6.07) is 5.89. The van der Waals surface area contributed by atoms with Crippen molar-refractivity contribution in [1.82, 2.24) is 4.90 Å². The molecule has 0 radical (unpaired) electrons. The van der Waals surface area contributed by atoms with E-state index in [4.69, 9.17) is 0 Å². The number of hydrogen-bond donors (Lipinski definition) is 1. The normalized spacial score (nSPS) is 17.1. The molecule has 1 aliphatic heterocycles. The number of benzene rings is 1. The smallest absolute Gasteiger partial charge is 0.271 e. The second kappa shape index (κ2) is 6.35. The Balaban J connectivity index is 1.54. The predicted molar refractivity (Wildman–Crippen MR) is 98.1 cm³/mol. The van der Waals surface area contributed by atoms with Crippen LogP contribution in [-0.2, 0) is 27.8 Å². The maximum atomic E-state index is 13.7. The maximum Gasteiger partial charge on any atom is 0.271 e. The Morgan fingerprint density at radius 3 is 2.77 bits per heavy atom. The second-order valence-corrected chi connectivity index (χ2v) is 9.91. The van der Waals surface area contributed by atoms with Crippen molar-refractivity contribution in [3.05, 3.63) is 46.1 Å². The summed E-state index contributed by atoms with van der Waals surface area (Å²) in [5, 5.41) is 0. The lowest BCUT2D eigenvalue weighted by atomic mass is 10.1. The van der Waals surface area contributed by atoms with E-state index in [0.717, 1.165) is 23.3 Å². The number of nitrogens with one attached hydrogen (secondary N) is 1. The molecule has 2 heterocycles. The molecule has 1 aliphatic carbocycles. The van der Waals surface area contributed by atoms with Gasteiger partial charge in [0.05, 0.1) is 5.69 Å². The second-order valence-electron chi connectivity index (χ2n) is 6.87. The molecule has 0 bridgehead atoms. The highest BCUT2D eigenvalue weighted by atomic mass is 32.2. The average Bonchev–Trinajstić information content (AvgIpc) is 3.35. The first-order valence-corrected chi connectivity index (χ1v) is 10.8. The standard InChI is InChI=1S/C18H19FN2O3S2/c1-11-2-5-14(9-15(11)19)20-26(23,24)17-8-13-10-21(7-6-16(13)25-17)18(22)12-3-4-12/h2,5,8-9,12,20H,3-4,6-7,10H2,1H3. The highest BCUT2D eigenvalue weighted by Gasteiger charge is 2.35. The van der Waals surface area contributed by atoms with Gasteiger partial charge in [-0.15, -0.1) is 11.3 Å². The van der Waals surface area contributed by atoms with Crippen LogP contribution < -0.4 is 4.72 Å². The van der Waals surface area contributed by atoms with Gasteiger partial charge in [-0.3, -0.25) is 9.52 Å². The number of hydrogen-bond acceptors (Lipinski definition) is 4. The SMILES string of the molecule is Cc1ccc(NS(=O)(=O)c2cc3c(s2)CCN(C(=O)C2CC2)C3)cc1F. The van der Waals surface area contributed by atoms with Crippen LogP contribution in [0, 0.1) is 18.7 Å². The molecule has 1 aromatic carbocycles. The molecule has 2 aromatic rings. The van der Waals surface area contributed by atoms with Gasteiger partial charge >= 0.3 is 0 Å². The van der Waals surface area contributed by atoms with Gasteiger partial charge in [0, 0.05) is 23.9 Å². The molecule has 0 unspecified atom stereocenters. The van der Waals surface area contributed by atoms with E-state index in [1.165, 1.54) is 23.5 Å². The molecule has 1 saturated carbocycles. The number of thiophene rings is 1. The van der Waals surface area contributed by atoms with Crippen molar-refractivity contribution < 1.29 is 17.6 Å². The summed E-state index contributed by atoms with van der Waals surface area (Å²) in [7, 11) is -3.78. The zero-order valence-electron chi connectivity index (χ0n) is 14.3. The Bertz CT molecular complexity index is 980. The van der Waals surface area contributed by atoms with Crippen LogP contribution in [0.15, 0.2) is 28.5 Å². The molecule has 5 nitrogen and oxygen atoms in total. The summed E-state index contributed by atoms with van der Waals surface area (Å²) in [6.45, 7) is 2.73. The lowest BCUT2D eigenvalue weighted by molar-refractivity contribution is -0.133. The fourth-order valence-corrected chi connectivity index (χ4v) is 5.67. The van der Waals surface area contributed by atoms with Gasteiger partial charge in [0.25, 0.3) is 10.0 Å². The highest BCUT2D eigenvalue weighted by molar-refractivity contribution is 7.94. The van der Waals surface area contributed by atoms with E-state index in [-0.39, 0.29) is 21.7 Å². The first kappa shape index (κ1) is 17.5.